The van der Waals surface area contributed by atoms with Crippen LogP contribution in [0.3, 0.4) is 0 Å². The first-order chi connectivity index (χ1) is 6.86. The Morgan fingerprint density at radius 1 is 1.43 bits per heavy atom. The van der Waals surface area contributed by atoms with Crippen molar-refractivity contribution >= 4 is 17.2 Å². The van der Waals surface area contributed by atoms with Crippen LogP contribution in [0.5, 0.6) is 0 Å². The van der Waals surface area contributed by atoms with Crippen molar-refractivity contribution in [2.75, 3.05) is 5.32 Å². The fourth-order valence-corrected chi connectivity index (χ4v) is 1.96. The van der Waals surface area contributed by atoms with Gasteiger partial charge in [0.25, 0.3) is 0 Å². The van der Waals surface area contributed by atoms with Gasteiger partial charge in [-0.25, -0.2) is 0 Å². The van der Waals surface area contributed by atoms with Crippen molar-refractivity contribution in [3.8, 4) is 0 Å². The zero-order chi connectivity index (χ0) is 9.80. The van der Waals surface area contributed by atoms with Crippen LogP contribution < -0.4 is 5.32 Å². The summed E-state index contributed by atoms with van der Waals surface area (Å²) in [6, 6.07) is 6.17. The third kappa shape index (κ3) is 2.09. The Bertz CT molecular complexity index is 372. The molecule has 2 heterocycles. The lowest BCUT2D eigenvalue weighted by atomic mass is 10.2. The first-order valence-electron chi connectivity index (χ1n) is 4.42. The lowest BCUT2D eigenvalue weighted by Gasteiger charge is -2.11. The highest BCUT2D eigenvalue weighted by Crippen LogP contribution is 2.19. The molecule has 72 valence electrons. The Morgan fingerprint density at radius 3 is 3.00 bits per heavy atom. The maximum absolute atomic E-state index is 3.97. The van der Waals surface area contributed by atoms with E-state index < -0.39 is 0 Å². The molecule has 1 unspecified atom stereocenters. The lowest BCUT2D eigenvalue weighted by molar-refractivity contribution is 0.865. The number of aromatic nitrogens is 2. The maximum Gasteiger partial charge on any atom is 0.149 e. The predicted octanol–water partition coefficient (Wildman–Crippen LogP) is 2.71. The topological polar surface area (TPSA) is 37.8 Å². The molecule has 0 saturated carbocycles. The van der Waals surface area contributed by atoms with Gasteiger partial charge in [-0.05, 0) is 41.4 Å². The van der Waals surface area contributed by atoms with E-state index >= 15 is 0 Å². The minimum Gasteiger partial charge on any atom is -0.362 e. The molecule has 0 aliphatic heterocycles. The van der Waals surface area contributed by atoms with Crippen molar-refractivity contribution in [3.63, 3.8) is 0 Å². The summed E-state index contributed by atoms with van der Waals surface area (Å²) in [5.41, 5.74) is 1.28. The molecule has 0 spiro atoms. The lowest BCUT2D eigenvalue weighted by Crippen LogP contribution is -2.06. The van der Waals surface area contributed by atoms with E-state index in [0.29, 0.717) is 0 Å². The van der Waals surface area contributed by atoms with Gasteiger partial charge in [0.1, 0.15) is 5.82 Å². The molecule has 14 heavy (non-hydrogen) atoms. The molecule has 0 aliphatic rings. The first kappa shape index (κ1) is 9.15. The van der Waals surface area contributed by atoms with Gasteiger partial charge in [0, 0.05) is 6.20 Å². The SMILES string of the molecule is CC(Nc1cccnn1)c1ccsc1. The van der Waals surface area contributed by atoms with Crippen molar-refractivity contribution in [3.05, 3.63) is 40.7 Å². The third-order valence-corrected chi connectivity index (χ3v) is 2.68. The van der Waals surface area contributed by atoms with E-state index in [-0.39, 0.29) is 6.04 Å². The first-order valence-corrected chi connectivity index (χ1v) is 5.37. The quantitative estimate of drug-likeness (QED) is 0.837. The van der Waals surface area contributed by atoms with Gasteiger partial charge in [-0.15, -0.1) is 5.10 Å². The van der Waals surface area contributed by atoms with E-state index in [1.54, 1.807) is 17.5 Å². The second-order valence-electron chi connectivity index (χ2n) is 3.03. The molecule has 4 heteroatoms. The molecule has 2 aromatic heterocycles. The summed E-state index contributed by atoms with van der Waals surface area (Å²) in [5, 5.41) is 15.3. The average molecular weight is 205 g/mol. The summed E-state index contributed by atoms with van der Waals surface area (Å²) >= 11 is 1.70. The van der Waals surface area contributed by atoms with Gasteiger partial charge in [-0.3, -0.25) is 0 Å². The van der Waals surface area contributed by atoms with Crippen LogP contribution >= 0.6 is 11.3 Å². The van der Waals surface area contributed by atoms with Crippen molar-refractivity contribution in [2.24, 2.45) is 0 Å². The number of anilines is 1. The number of rotatable bonds is 3. The summed E-state index contributed by atoms with van der Waals surface area (Å²) in [6.07, 6.45) is 1.67. The highest BCUT2D eigenvalue weighted by atomic mass is 32.1. The molecule has 0 fully saturated rings. The smallest absolute Gasteiger partial charge is 0.149 e. The van der Waals surface area contributed by atoms with Crippen molar-refractivity contribution in [1.82, 2.24) is 10.2 Å². The Hall–Kier alpha value is -1.42. The highest BCUT2D eigenvalue weighted by molar-refractivity contribution is 7.07. The molecule has 0 saturated heterocycles. The summed E-state index contributed by atoms with van der Waals surface area (Å²) in [5.74, 6) is 0.811. The molecule has 2 aromatic rings. The van der Waals surface area contributed by atoms with E-state index in [1.807, 2.05) is 12.1 Å². The summed E-state index contributed by atoms with van der Waals surface area (Å²) in [6.45, 7) is 2.11. The van der Waals surface area contributed by atoms with Gasteiger partial charge in [0.15, 0.2) is 0 Å². The normalized spacial score (nSPS) is 12.4. The summed E-state index contributed by atoms with van der Waals surface area (Å²) in [4.78, 5) is 0. The van der Waals surface area contributed by atoms with Crippen LogP contribution in [0.2, 0.25) is 0 Å². The van der Waals surface area contributed by atoms with Gasteiger partial charge >= 0.3 is 0 Å². The molecule has 0 radical (unpaired) electrons. The Kier molecular flexibility index (Phi) is 2.74. The monoisotopic (exact) mass is 205 g/mol. The van der Waals surface area contributed by atoms with Gasteiger partial charge < -0.3 is 5.32 Å². The van der Waals surface area contributed by atoms with Crippen molar-refractivity contribution in [1.29, 1.82) is 0 Å². The number of nitrogens with one attached hydrogen (secondary N) is 1. The summed E-state index contributed by atoms with van der Waals surface area (Å²) in [7, 11) is 0. The van der Waals surface area contributed by atoms with Crippen LogP contribution in [0.1, 0.15) is 18.5 Å². The molecule has 0 aliphatic carbocycles. The van der Waals surface area contributed by atoms with E-state index in [4.69, 9.17) is 0 Å². The molecular formula is C10H11N3S. The van der Waals surface area contributed by atoms with Gasteiger partial charge in [0.2, 0.25) is 0 Å². The fraction of sp³-hybridized carbons (Fsp3) is 0.200. The van der Waals surface area contributed by atoms with Crippen LogP contribution in [-0.4, -0.2) is 10.2 Å². The maximum atomic E-state index is 3.97. The van der Waals surface area contributed by atoms with Gasteiger partial charge in [-0.2, -0.15) is 16.4 Å². The minimum absolute atomic E-state index is 0.276. The van der Waals surface area contributed by atoms with Crippen LogP contribution in [0, 0.1) is 0 Å². The number of thiophene rings is 1. The van der Waals surface area contributed by atoms with Crippen LogP contribution in [0.4, 0.5) is 5.82 Å². The second-order valence-corrected chi connectivity index (χ2v) is 3.81. The van der Waals surface area contributed by atoms with Crippen LogP contribution in [0.15, 0.2) is 35.2 Å². The molecular weight excluding hydrogens is 194 g/mol. The van der Waals surface area contributed by atoms with Crippen molar-refractivity contribution in [2.45, 2.75) is 13.0 Å². The predicted molar refractivity (Wildman–Crippen MR) is 58.4 cm³/mol. The van der Waals surface area contributed by atoms with E-state index in [9.17, 15) is 0 Å². The van der Waals surface area contributed by atoms with Gasteiger partial charge in [0.05, 0.1) is 6.04 Å². The van der Waals surface area contributed by atoms with Gasteiger partial charge in [-0.1, -0.05) is 0 Å². The van der Waals surface area contributed by atoms with Crippen LogP contribution in [-0.2, 0) is 0 Å². The molecule has 0 bridgehead atoms. The largest absolute Gasteiger partial charge is 0.362 e. The number of hydrogen-bond acceptors (Lipinski definition) is 4. The van der Waals surface area contributed by atoms with E-state index in [1.165, 1.54) is 5.56 Å². The molecule has 2 rings (SSSR count). The molecule has 3 nitrogen and oxygen atoms in total. The zero-order valence-corrected chi connectivity index (χ0v) is 8.66. The van der Waals surface area contributed by atoms with Crippen molar-refractivity contribution < 1.29 is 0 Å². The molecule has 0 aromatic carbocycles. The Morgan fingerprint density at radius 2 is 2.36 bits per heavy atom. The standard InChI is InChI=1S/C10H11N3S/c1-8(9-4-6-14-7-9)12-10-3-2-5-11-13-10/h2-8H,1H3,(H,12,13). The van der Waals surface area contributed by atoms with Crippen LogP contribution in [0.25, 0.3) is 0 Å². The molecule has 1 N–H and O–H groups in total. The highest BCUT2D eigenvalue weighted by Gasteiger charge is 2.05. The summed E-state index contributed by atoms with van der Waals surface area (Å²) < 4.78 is 0. The average Bonchev–Trinajstić information content (AvgIpc) is 2.72. The second kappa shape index (κ2) is 4.19. The zero-order valence-electron chi connectivity index (χ0n) is 7.84. The third-order valence-electron chi connectivity index (χ3n) is 1.98. The fourth-order valence-electron chi connectivity index (χ4n) is 1.21. The number of hydrogen-bond donors (Lipinski definition) is 1. The molecule has 0 amide bonds. The Labute approximate surface area is 86.8 Å². The van der Waals surface area contributed by atoms with E-state index in [2.05, 4.69) is 39.3 Å². The minimum atomic E-state index is 0.276. The Balaban J connectivity index is 2.06. The number of nitrogens with zero attached hydrogens (tertiary/aromatic N) is 2. The molecule has 1 atom stereocenters. The van der Waals surface area contributed by atoms with E-state index in [0.717, 1.165) is 5.82 Å².